The van der Waals surface area contributed by atoms with Crippen LogP contribution in [0.2, 0.25) is 0 Å². The van der Waals surface area contributed by atoms with E-state index in [1.807, 2.05) is 0 Å². The quantitative estimate of drug-likeness (QED) is 0.322. The van der Waals surface area contributed by atoms with Crippen LogP contribution >= 0.6 is 0 Å². The van der Waals surface area contributed by atoms with Crippen molar-refractivity contribution in [2.24, 2.45) is 0 Å². The Morgan fingerprint density at radius 3 is 2.67 bits per heavy atom. The first-order chi connectivity index (χ1) is 7.02. The second kappa shape index (κ2) is 5.24. The van der Waals surface area contributed by atoms with E-state index in [4.69, 9.17) is 14.9 Å². The topological polar surface area (TPSA) is 126 Å². The van der Waals surface area contributed by atoms with Crippen molar-refractivity contribution in [3.05, 3.63) is 0 Å². The fraction of sp³-hybridized carbons (Fsp3) is 0.857. The molecular weight excluding hydrogens is 212 g/mol. The number of aliphatic hydroxyl groups excluding tert-OH is 3. The molecule has 0 aromatic carbocycles. The first kappa shape index (κ1) is 12.1. The van der Waals surface area contributed by atoms with Crippen LogP contribution in [0.5, 0.6) is 0 Å². The van der Waals surface area contributed by atoms with Gasteiger partial charge in [-0.3, -0.25) is 4.89 Å². The number of aliphatic hydroxyl groups is 3. The maximum atomic E-state index is 9.87. The summed E-state index contributed by atoms with van der Waals surface area (Å²) in [6, 6.07) is 0. The second-order valence-corrected chi connectivity index (χ2v) is 3.06. The zero-order chi connectivity index (χ0) is 11.4. The molecule has 0 aromatic rings. The molecule has 0 aliphatic carbocycles. The van der Waals surface area contributed by atoms with Gasteiger partial charge < -0.3 is 25.2 Å². The van der Waals surface area contributed by atoms with Gasteiger partial charge in [-0.2, -0.15) is 4.89 Å². The van der Waals surface area contributed by atoms with Gasteiger partial charge in [-0.1, -0.05) is 0 Å². The molecule has 0 amide bonds. The smallest absolute Gasteiger partial charge is 0.448 e. The van der Waals surface area contributed by atoms with E-state index in [0.717, 1.165) is 0 Å². The van der Waals surface area contributed by atoms with Gasteiger partial charge in [0.05, 0.1) is 6.61 Å². The number of carbonyl (C=O) groups is 1. The normalized spacial score (nSPS) is 32.6. The third kappa shape index (κ3) is 3.29. The van der Waals surface area contributed by atoms with E-state index in [9.17, 15) is 15.0 Å². The van der Waals surface area contributed by atoms with Crippen LogP contribution in [0.4, 0.5) is 4.79 Å². The average Bonchev–Trinajstić information content (AvgIpc) is 2.47. The molecule has 15 heavy (non-hydrogen) atoms. The van der Waals surface area contributed by atoms with Gasteiger partial charge in [0, 0.05) is 0 Å². The van der Waals surface area contributed by atoms with Crippen molar-refractivity contribution in [1.29, 1.82) is 0 Å². The number of rotatable bonds is 4. The van der Waals surface area contributed by atoms with Crippen molar-refractivity contribution < 1.29 is 39.7 Å². The van der Waals surface area contributed by atoms with E-state index >= 15 is 0 Å². The van der Waals surface area contributed by atoms with Crippen molar-refractivity contribution >= 4 is 6.16 Å². The summed E-state index contributed by atoms with van der Waals surface area (Å²) in [6.45, 7) is -0.580. The Morgan fingerprint density at radius 1 is 1.53 bits per heavy atom. The van der Waals surface area contributed by atoms with Crippen LogP contribution in [0, 0.1) is 0 Å². The minimum Gasteiger partial charge on any atom is -0.448 e. The molecule has 0 aromatic heterocycles. The van der Waals surface area contributed by atoms with E-state index < -0.39 is 37.2 Å². The summed E-state index contributed by atoms with van der Waals surface area (Å²) in [5, 5.41) is 35.8. The number of ether oxygens (including phenoxy) is 1. The third-order valence-electron chi connectivity index (χ3n) is 1.94. The Balaban J connectivity index is 2.28. The minimum atomic E-state index is -1.64. The molecule has 8 nitrogen and oxygen atoms in total. The highest BCUT2D eigenvalue weighted by Crippen LogP contribution is 2.17. The van der Waals surface area contributed by atoms with E-state index in [2.05, 4.69) is 9.78 Å². The van der Waals surface area contributed by atoms with Crippen LogP contribution in [0.25, 0.3) is 0 Å². The number of hydrogen-bond donors (Lipinski definition) is 4. The van der Waals surface area contributed by atoms with Gasteiger partial charge in [-0.05, 0) is 0 Å². The molecule has 8 heteroatoms. The average molecular weight is 224 g/mol. The van der Waals surface area contributed by atoms with Crippen molar-refractivity contribution in [1.82, 2.24) is 0 Å². The number of hydrogen-bond acceptors (Lipinski definition) is 7. The molecule has 0 radical (unpaired) electrons. The molecule has 1 heterocycles. The molecule has 4 atom stereocenters. The van der Waals surface area contributed by atoms with Crippen molar-refractivity contribution in [3.8, 4) is 0 Å². The van der Waals surface area contributed by atoms with Crippen LogP contribution in [-0.4, -0.2) is 64.2 Å². The van der Waals surface area contributed by atoms with Gasteiger partial charge in [0.25, 0.3) is 0 Å². The Kier molecular flexibility index (Phi) is 4.24. The first-order valence-electron chi connectivity index (χ1n) is 4.20. The summed E-state index contributed by atoms with van der Waals surface area (Å²) in [4.78, 5) is 17.7. The lowest BCUT2D eigenvalue weighted by Gasteiger charge is -2.19. The van der Waals surface area contributed by atoms with Gasteiger partial charge in [0.15, 0.2) is 0 Å². The molecule has 1 rings (SSSR count). The lowest BCUT2D eigenvalue weighted by atomic mass is 10.1. The fourth-order valence-corrected chi connectivity index (χ4v) is 1.21. The molecular formula is C7H12O8. The highest BCUT2D eigenvalue weighted by Gasteiger charge is 2.39. The highest BCUT2D eigenvalue weighted by atomic mass is 17.2. The monoisotopic (exact) mass is 224 g/mol. The molecule has 1 aliphatic rings. The summed E-state index contributed by atoms with van der Waals surface area (Å²) < 4.78 is 4.86. The Morgan fingerprint density at radius 2 is 2.20 bits per heavy atom. The van der Waals surface area contributed by atoms with Gasteiger partial charge in [0.2, 0.25) is 0 Å². The summed E-state index contributed by atoms with van der Waals surface area (Å²) in [6.07, 6.45) is -6.23. The molecule has 1 aliphatic heterocycles. The summed E-state index contributed by atoms with van der Waals surface area (Å²) in [5.41, 5.74) is 0. The molecule has 0 bridgehead atoms. The third-order valence-corrected chi connectivity index (χ3v) is 1.94. The molecule has 1 fully saturated rings. The lowest BCUT2D eigenvalue weighted by molar-refractivity contribution is -0.271. The summed E-state index contributed by atoms with van der Waals surface area (Å²) in [5.74, 6) is 0. The van der Waals surface area contributed by atoms with E-state index in [1.54, 1.807) is 0 Å². The van der Waals surface area contributed by atoms with E-state index in [-0.39, 0.29) is 6.61 Å². The zero-order valence-corrected chi connectivity index (χ0v) is 7.65. The predicted molar refractivity (Wildman–Crippen MR) is 42.8 cm³/mol. The van der Waals surface area contributed by atoms with Crippen LogP contribution in [0.1, 0.15) is 0 Å². The van der Waals surface area contributed by atoms with E-state index in [0.29, 0.717) is 0 Å². The Bertz CT molecular complexity index is 219. The molecule has 0 saturated carbocycles. The summed E-state index contributed by atoms with van der Waals surface area (Å²) >= 11 is 0. The molecule has 4 unspecified atom stereocenters. The standard InChI is InChI=1S/C7H12O8/c8-3-1-13-6(5(3)10)4(9)2-14-15-7(11)12/h3-6,8-10H,1-2H2,(H,11,12). The van der Waals surface area contributed by atoms with Crippen molar-refractivity contribution in [2.75, 3.05) is 13.2 Å². The van der Waals surface area contributed by atoms with Gasteiger partial charge in [-0.25, -0.2) is 4.79 Å². The largest absolute Gasteiger partial charge is 0.537 e. The van der Waals surface area contributed by atoms with Crippen LogP contribution < -0.4 is 0 Å². The van der Waals surface area contributed by atoms with Crippen LogP contribution in [0.3, 0.4) is 0 Å². The Labute approximate surface area is 84.5 Å². The second-order valence-electron chi connectivity index (χ2n) is 3.06. The number of carboxylic acid groups (broad SMARTS) is 1. The van der Waals surface area contributed by atoms with Crippen molar-refractivity contribution in [3.63, 3.8) is 0 Å². The Hall–Kier alpha value is -0.930. The van der Waals surface area contributed by atoms with Gasteiger partial charge >= 0.3 is 6.16 Å². The van der Waals surface area contributed by atoms with Crippen molar-refractivity contribution in [2.45, 2.75) is 24.4 Å². The molecule has 4 N–H and O–H groups in total. The van der Waals surface area contributed by atoms with E-state index in [1.165, 1.54) is 0 Å². The van der Waals surface area contributed by atoms with Gasteiger partial charge in [0.1, 0.15) is 31.0 Å². The SMILES string of the molecule is O=C(O)OOCC(O)C1OCC(O)C1O. The lowest BCUT2D eigenvalue weighted by Crippen LogP contribution is -2.40. The minimum absolute atomic E-state index is 0.0946. The van der Waals surface area contributed by atoms with Crippen LogP contribution in [-0.2, 0) is 14.5 Å². The summed E-state index contributed by atoms with van der Waals surface area (Å²) in [7, 11) is 0. The zero-order valence-electron chi connectivity index (χ0n) is 7.65. The fourth-order valence-electron chi connectivity index (χ4n) is 1.21. The van der Waals surface area contributed by atoms with Crippen LogP contribution in [0.15, 0.2) is 0 Å². The molecule has 0 spiro atoms. The molecule has 88 valence electrons. The molecule has 1 saturated heterocycles. The predicted octanol–water partition coefficient (Wildman–Crippen LogP) is -1.91. The first-order valence-corrected chi connectivity index (χ1v) is 4.20. The van der Waals surface area contributed by atoms with Gasteiger partial charge in [-0.15, -0.1) is 0 Å². The maximum Gasteiger partial charge on any atom is 0.537 e. The highest BCUT2D eigenvalue weighted by molar-refractivity contribution is 5.55. The maximum absolute atomic E-state index is 9.87.